The Bertz CT molecular complexity index is 394. The molecule has 1 aromatic carbocycles. The van der Waals surface area contributed by atoms with E-state index in [1.807, 2.05) is 18.2 Å². The monoisotopic (exact) mass is 285 g/mol. The van der Waals surface area contributed by atoms with E-state index in [2.05, 4.69) is 27.2 Å². The lowest BCUT2D eigenvalue weighted by atomic mass is 10.1. The first-order valence-electron chi connectivity index (χ1n) is 4.95. The summed E-state index contributed by atoms with van der Waals surface area (Å²) in [5.74, 6) is 0.785. The van der Waals surface area contributed by atoms with Gasteiger partial charge in [0.1, 0.15) is 0 Å². The maximum atomic E-state index is 11.7. The Balaban J connectivity index is 2.41. The Morgan fingerprint density at radius 3 is 3.07 bits per heavy atom. The highest BCUT2D eigenvalue weighted by molar-refractivity contribution is 9.10. The molecule has 0 amide bonds. The summed E-state index contributed by atoms with van der Waals surface area (Å²) in [6.45, 7) is 3.14. The minimum atomic E-state index is 0.226. The van der Waals surface area contributed by atoms with E-state index in [0.29, 0.717) is 5.75 Å². The largest absolute Gasteiger partial charge is 0.315 e. The van der Waals surface area contributed by atoms with E-state index in [-0.39, 0.29) is 5.78 Å². The molecule has 0 bridgehead atoms. The lowest BCUT2D eigenvalue weighted by Crippen LogP contribution is -2.25. The standard InChI is InChI=1S/C11H12BrNOS/c1-2-5-13-10-4-3-8(12)6-9(10)11(14)7-15-13/h3-4,6H,2,5,7H2,1H3. The van der Waals surface area contributed by atoms with E-state index < -0.39 is 0 Å². The Morgan fingerprint density at radius 2 is 2.33 bits per heavy atom. The van der Waals surface area contributed by atoms with Gasteiger partial charge in [0.25, 0.3) is 0 Å². The molecule has 0 spiro atoms. The summed E-state index contributed by atoms with van der Waals surface area (Å²) < 4.78 is 3.18. The van der Waals surface area contributed by atoms with Crippen LogP contribution in [0.1, 0.15) is 23.7 Å². The molecule has 1 aliphatic heterocycles. The van der Waals surface area contributed by atoms with Crippen LogP contribution in [-0.4, -0.2) is 18.1 Å². The minimum absolute atomic E-state index is 0.226. The van der Waals surface area contributed by atoms with Crippen LogP contribution in [0.5, 0.6) is 0 Å². The number of halogens is 1. The Morgan fingerprint density at radius 1 is 1.53 bits per heavy atom. The minimum Gasteiger partial charge on any atom is -0.315 e. The number of ketones is 1. The first-order chi connectivity index (χ1) is 7.22. The normalized spacial score (nSPS) is 15.3. The zero-order valence-corrected chi connectivity index (χ0v) is 10.9. The van der Waals surface area contributed by atoms with Gasteiger partial charge in [-0.15, -0.1) is 0 Å². The van der Waals surface area contributed by atoms with E-state index in [1.165, 1.54) is 0 Å². The molecule has 0 atom stereocenters. The number of anilines is 1. The molecule has 1 aliphatic rings. The number of nitrogens with zero attached hydrogens (tertiary/aromatic N) is 1. The van der Waals surface area contributed by atoms with Gasteiger partial charge in [-0.25, -0.2) is 0 Å². The summed E-state index contributed by atoms with van der Waals surface area (Å²) in [6.07, 6.45) is 1.09. The van der Waals surface area contributed by atoms with Crippen molar-refractivity contribution < 1.29 is 4.79 Å². The van der Waals surface area contributed by atoms with E-state index in [0.717, 1.165) is 28.7 Å². The van der Waals surface area contributed by atoms with Gasteiger partial charge < -0.3 is 4.31 Å². The lowest BCUT2D eigenvalue weighted by molar-refractivity contribution is 0.102. The molecule has 2 rings (SSSR count). The third-order valence-electron chi connectivity index (χ3n) is 2.31. The second-order valence-electron chi connectivity index (χ2n) is 3.46. The summed E-state index contributed by atoms with van der Waals surface area (Å²) in [5.41, 5.74) is 1.90. The van der Waals surface area contributed by atoms with Crippen molar-refractivity contribution in [2.75, 3.05) is 16.6 Å². The van der Waals surface area contributed by atoms with Gasteiger partial charge in [-0.3, -0.25) is 4.79 Å². The molecule has 0 N–H and O–H groups in total. The van der Waals surface area contributed by atoms with Crippen LogP contribution in [0.2, 0.25) is 0 Å². The molecule has 0 aromatic heterocycles. The van der Waals surface area contributed by atoms with Crippen LogP contribution in [0.25, 0.3) is 0 Å². The molecule has 0 fully saturated rings. The van der Waals surface area contributed by atoms with Crippen molar-refractivity contribution in [3.8, 4) is 0 Å². The average molecular weight is 286 g/mol. The van der Waals surface area contributed by atoms with Crippen molar-refractivity contribution in [3.63, 3.8) is 0 Å². The lowest BCUT2D eigenvalue weighted by Gasteiger charge is -2.28. The molecular weight excluding hydrogens is 274 g/mol. The number of hydrogen-bond acceptors (Lipinski definition) is 3. The second kappa shape index (κ2) is 4.58. The maximum absolute atomic E-state index is 11.7. The molecule has 0 unspecified atom stereocenters. The van der Waals surface area contributed by atoms with Crippen LogP contribution in [0, 0.1) is 0 Å². The maximum Gasteiger partial charge on any atom is 0.176 e. The molecule has 4 heteroatoms. The fraction of sp³-hybridized carbons (Fsp3) is 0.364. The quantitative estimate of drug-likeness (QED) is 0.776. The number of benzene rings is 1. The number of fused-ring (bicyclic) bond motifs is 1. The predicted octanol–water partition coefficient (Wildman–Crippen LogP) is 3.51. The zero-order valence-electron chi connectivity index (χ0n) is 8.50. The van der Waals surface area contributed by atoms with Crippen LogP contribution in [0.3, 0.4) is 0 Å². The van der Waals surface area contributed by atoms with Crippen molar-refractivity contribution in [1.29, 1.82) is 0 Å². The molecule has 0 radical (unpaired) electrons. The highest BCUT2D eigenvalue weighted by atomic mass is 79.9. The van der Waals surface area contributed by atoms with Gasteiger partial charge in [0.05, 0.1) is 11.4 Å². The van der Waals surface area contributed by atoms with Crippen LogP contribution >= 0.6 is 27.9 Å². The third kappa shape index (κ3) is 2.21. The van der Waals surface area contributed by atoms with Gasteiger partial charge in [0, 0.05) is 16.6 Å². The number of hydrogen-bond donors (Lipinski definition) is 0. The van der Waals surface area contributed by atoms with Crippen molar-refractivity contribution in [2.24, 2.45) is 0 Å². The van der Waals surface area contributed by atoms with E-state index >= 15 is 0 Å². The molecule has 15 heavy (non-hydrogen) atoms. The molecule has 0 saturated heterocycles. The number of carbonyl (C=O) groups is 1. The van der Waals surface area contributed by atoms with Gasteiger partial charge >= 0.3 is 0 Å². The summed E-state index contributed by atoms with van der Waals surface area (Å²) >= 11 is 5.01. The molecule has 0 aliphatic carbocycles. The molecule has 1 aromatic rings. The zero-order chi connectivity index (χ0) is 10.8. The van der Waals surface area contributed by atoms with Crippen LogP contribution in [0.4, 0.5) is 5.69 Å². The summed E-state index contributed by atoms with van der Waals surface area (Å²) in [7, 11) is 0. The van der Waals surface area contributed by atoms with Crippen molar-refractivity contribution in [1.82, 2.24) is 0 Å². The SMILES string of the molecule is CCCN1SCC(=O)c2cc(Br)ccc21. The fourth-order valence-corrected chi connectivity index (χ4v) is 3.02. The summed E-state index contributed by atoms with van der Waals surface area (Å²) in [4.78, 5) is 11.7. The fourth-order valence-electron chi connectivity index (χ4n) is 1.62. The second-order valence-corrected chi connectivity index (χ2v) is 5.36. The van der Waals surface area contributed by atoms with Gasteiger partial charge in [0.2, 0.25) is 0 Å². The average Bonchev–Trinajstić information content (AvgIpc) is 2.23. The van der Waals surface area contributed by atoms with Crippen molar-refractivity contribution in [3.05, 3.63) is 28.2 Å². The van der Waals surface area contributed by atoms with Crippen molar-refractivity contribution in [2.45, 2.75) is 13.3 Å². The number of carbonyl (C=O) groups excluding carboxylic acids is 1. The summed E-state index contributed by atoms with van der Waals surface area (Å²) in [6, 6.07) is 5.92. The highest BCUT2D eigenvalue weighted by Crippen LogP contribution is 2.34. The van der Waals surface area contributed by atoms with Gasteiger partial charge in [-0.1, -0.05) is 22.9 Å². The molecule has 80 valence electrons. The number of rotatable bonds is 2. The summed E-state index contributed by atoms with van der Waals surface area (Å²) in [5, 5.41) is 0. The van der Waals surface area contributed by atoms with Crippen LogP contribution in [0.15, 0.2) is 22.7 Å². The number of Topliss-reactive ketones (excluding diaryl/α,β-unsaturated/α-hetero) is 1. The molecular formula is C11H12BrNOS. The Hall–Kier alpha value is -0.480. The third-order valence-corrected chi connectivity index (χ3v) is 3.88. The topological polar surface area (TPSA) is 20.3 Å². The molecule has 1 heterocycles. The van der Waals surface area contributed by atoms with E-state index in [9.17, 15) is 4.79 Å². The predicted molar refractivity (Wildman–Crippen MR) is 68.6 cm³/mol. The first-order valence-corrected chi connectivity index (χ1v) is 6.69. The van der Waals surface area contributed by atoms with Crippen molar-refractivity contribution >= 4 is 39.3 Å². The van der Waals surface area contributed by atoms with Gasteiger partial charge in [-0.2, -0.15) is 0 Å². The van der Waals surface area contributed by atoms with E-state index in [4.69, 9.17) is 0 Å². The van der Waals surface area contributed by atoms with Crippen LogP contribution < -0.4 is 4.31 Å². The van der Waals surface area contributed by atoms with Gasteiger partial charge in [-0.05, 0) is 36.6 Å². The molecule has 2 nitrogen and oxygen atoms in total. The Kier molecular flexibility index (Phi) is 3.36. The van der Waals surface area contributed by atoms with E-state index in [1.54, 1.807) is 11.9 Å². The Labute approximate surface area is 102 Å². The first kappa shape index (κ1) is 11.0. The molecule has 0 saturated carbocycles. The highest BCUT2D eigenvalue weighted by Gasteiger charge is 2.23. The van der Waals surface area contributed by atoms with Crippen LogP contribution in [-0.2, 0) is 0 Å². The van der Waals surface area contributed by atoms with Gasteiger partial charge in [0.15, 0.2) is 5.78 Å². The smallest absolute Gasteiger partial charge is 0.176 e.